The summed E-state index contributed by atoms with van der Waals surface area (Å²) in [4.78, 5) is 0. The largest absolute Gasteiger partial charge is 0.386 e. The smallest absolute Gasteiger partial charge is 0.103 e. The lowest BCUT2D eigenvalue weighted by atomic mass is 9.96. The lowest BCUT2D eigenvalue weighted by molar-refractivity contribution is -0.00419. The van der Waals surface area contributed by atoms with Crippen molar-refractivity contribution in [1.82, 2.24) is 0 Å². The van der Waals surface area contributed by atoms with Gasteiger partial charge < -0.3 is 9.84 Å². The molecule has 0 spiro atoms. The molecule has 2 nitrogen and oxygen atoms in total. The van der Waals surface area contributed by atoms with E-state index in [-0.39, 0.29) is 6.10 Å². The molecular formula is C15H24O2. The van der Waals surface area contributed by atoms with Crippen molar-refractivity contribution in [2.45, 2.75) is 53.2 Å². The minimum absolute atomic E-state index is 0.204. The highest BCUT2D eigenvalue weighted by Gasteiger charge is 2.14. The van der Waals surface area contributed by atoms with E-state index in [0.29, 0.717) is 6.61 Å². The van der Waals surface area contributed by atoms with Gasteiger partial charge in [-0.15, -0.1) is 0 Å². The second-order valence-electron chi connectivity index (χ2n) is 4.88. The molecule has 0 aliphatic carbocycles. The van der Waals surface area contributed by atoms with Crippen molar-refractivity contribution >= 4 is 0 Å². The Labute approximate surface area is 105 Å². The van der Waals surface area contributed by atoms with E-state index in [2.05, 4.69) is 26.0 Å². The normalized spacial score (nSPS) is 14.7. The number of hydrogen-bond acceptors (Lipinski definition) is 2. The van der Waals surface area contributed by atoms with Crippen molar-refractivity contribution < 1.29 is 9.84 Å². The van der Waals surface area contributed by atoms with Crippen LogP contribution in [0, 0.1) is 20.8 Å². The number of ether oxygens (including phenoxy) is 1. The van der Waals surface area contributed by atoms with Gasteiger partial charge in [0.1, 0.15) is 6.10 Å². The van der Waals surface area contributed by atoms with Gasteiger partial charge in [0.25, 0.3) is 0 Å². The average molecular weight is 236 g/mol. The van der Waals surface area contributed by atoms with Gasteiger partial charge in [0.05, 0.1) is 12.7 Å². The van der Waals surface area contributed by atoms with Gasteiger partial charge in [-0.1, -0.05) is 24.6 Å². The summed E-state index contributed by atoms with van der Waals surface area (Å²) in [7, 11) is 0. The summed E-state index contributed by atoms with van der Waals surface area (Å²) in [6.45, 7) is 10.6. The van der Waals surface area contributed by atoms with E-state index in [1.54, 1.807) is 0 Å². The summed E-state index contributed by atoms with van der Waals surface area (Å²) in [5.41, 5.74) is 4.53. The van der Waals surface area contributed by atoms with Gasteiger partial charge in [0, 0.05) is 0 Å². The van der Waals surface area contributed by atoms with Gasteiger partial charge in [-0.25, -0.2) is 0 Å². The van der Waals surface area contributed by atoms with Gasteiger partial charge in [0.15, 0.2) is 0 Å². The van der Waals surface area contributed by atoms with Crippen LogP contribution in [0.5, 0.6) is 0 Å². The Bertz CT molecular complexity index is 348. The molecule has 17 heavy (non-hydrogen) atoms. The van der Waals surface area contributed by atoms with Crippen molar-refractivity contribution in [3.05, 3.63) is 34.4 Å². The maximum Gasteiger partial charge on any atom is 0.103 e. The maximum absolute atomic E-state index is 10.2. The third-order valence-electron chi connectivity index (χ3n) is 3.18. The van der Waals surface area contributed by atoms with Crippen LogP contribution in [0.3, 0.4) is 0 Å². The van der Waals surface area contributed by atoms with Crippen LogP contribution in [0.25, 0.3) is 0 Å². The molecule has 0 radical (unpaired) electrons. The number of benzene rings is 1. The first-order chi connectivity index (χ1) is 7.95. The Kier molecular flexibility index (Phi) is 5.16. The molecule has 0 bridgehead atoms. The molecule has 0 amide bonds. The van der Waals surface area contributed by atoms with E-state index < -0.39 is 6.10 Å². The van der Waals surface area contributed by atoms with Crippen LogP contribution in [0.1, 0.15) is 48.6 Å². The number of rotatable bonds is 5. The van der Waals surface area contributed by atoms with Gasteiger partial charge in [-0.2, -0.15) is 0 Å². The topological polar surface area (TPSA) is 29.5 Å². The number of hydrogen-bond donors (Lipinski definition) is 1. The second-order valence-corrected chi connectivity index (χ2v) is 4.88. The monoisotopic (exact) mass is 236 g/mol. The van der Waals surface area contributed by atoms with Gasteiger partial charge in [-0.05, 0) is 50.8 Å². The highest BCUT2D eigenvalue weighted by atomic mass is 16.5. The van der Waals surface area contributed by atoms with Crippen LogP contribution in [0.2, 0.25) is 0 Å². The fourth-order valence-electron chi connectivity index (χ4n) is 2.17. The molecule has 0 fully saturated rings. The number of aliphatic hydroxyl groups is 1. The molecular weight excluding hydrogens is 212 g/mol. The van der Waals surface area contributed by atoms with Crippen LogP contribution < -0.4 is 0 Å². The van der Waals surface area contributed by atoms with E-state index in [1.807, 2.05) is 20.8 Å². The first-order valence-corrected chi connectivity index (χ1v) is 6.33. The zero-order chi connectivity index (χ0) is 13.0. The molecule has 96 valence electrons. The minimum atomic E-state index is -0.524. The van der Waals surface area contributed by atoms with E-state index in [0.717, 1.165) is 23.1 Å². The van der Waals surface area contributed by atoms with Crippen LogP contribution in [-0.4, -0.2) is 17.8 Å². The standard InChI is InChI=1S/C15H24O2/c1-6-13(5)17-9-14(16)15-11(3)7-10(2)8-12(15)4/h7-8,13-14,16H,6,9H2,1-5H3. The Morgan fingerprint density at radius 1 is 1.18 bits per heavy atom. The zero-order valence-corrected chi connectivity index (χ0v) is 11.6. The van der Waals surface area contributed by atoms with E-state index in [9.17, 15) is 5.11 Å². The molecule has 0 aliphatic heterocycles. The molecule has 0 aromatic heterocycles. The molecule has 2 heteroatoms. The molecule has 2 unspecified atom stereocenters. The van der Waals surface area contributed by atoms with E-state index in [1.165, 1.54) is 5.56 Å². The fraction of sp³-hybridized carbons (Fsp3) is 0.600. The van der Waals surface area contributed by atoms with E-state index in [4.69, 9.17) is 4.74 Å². The lowest BCUT2D eigenvalue weighted by Gasteiger charge is -2.19. The quantitative estimate of drug-likeness (QED) is 0.848. The van der Waals surface area contributed by atoms with Crippen LogP contribution in [0.4, 0.5) is 0 Å². The molecule has 1 aromatic carbocycles. The highest BCUT2D eigenvalue weighted by Crippen LogP contribution is 2.24. The number of aryl methyl sites for hydroxylation is 3. The molecule has 0 aliphatic rings. The van der Waals surface area contributed by atoms with Crippen molar-refractivity contribution in [1.29, 1.82) is 0 Å². The summed E-state index contributed by atoms with van der Waals surface area (Å²) < 4.78 is 5.60. The third-order valence-corrected chi connectivity index (χ3v) is 3.18. The summed E-state index contributed by atoms with van der Waals surface area (Å²) in [5, 5.41) is 10.2. The van der Waals surface area contributed by atoms with Gasteiger partial charge >= 0.3 is 0 Å². The molecule has 1 rings (SSSR count). The van der Waals surface area contributed by atoms with Crippen molar-refractivity contribution in [2.24, 2.45) is 0 Å². The second kappa shape index (κ2) is 6.18. The minimum Gasteiger partial charge on any atom is -0.386 e. The summed E-state index contributed by atoms with van der Waals surface area (Å²) >= 11 is 0. The van der Waals surface area contributed by atoms with Crippen molar-refractivity contribution in [2.75, 3.05) is 6.61 Å². The first-order valence-electron chi connectivity index (χ1n) is 6.33. The van der Waals surface area contributed by atoms with Crippen LogP contribution in [0.15, 0.2) is 12.1 Å². The molecule has 0 heterocycles. The maximum atomic E-state index is 10.2. The fourth-order valence-corrected chi connectivity index (χ4v) is 2.17. The molecule has 1 aromatic rings. The summed E-state index contributed by atoms with van der Waals surface area (Å²) in [6.07, 6.45) is 0.652. The Morgan fingerprint density at radius 2 is 1.71 bits per heavy atom. The average Bonchev–Trinajstić information content (AvgIpc) is 2.24. The molecule has 0 saturated carbocycles. The Balaban J connectivity index is 2.78. The number of aliphatic hydroxyl groups excluding tert-OH is 1. The molecule has 0 saturated heterocycles. The Hall–Kier alpha value is -0.860. The van der Waals surface area contributed by atoms with Gasteiger partial charge in [0.2, 0.25) is 0 Å². The van der Waals surface area contributed by atoms with Crippen LogP contribution >= 0.6 is 0 Å². The van der Waals surface area contributed by atoms with Gasteiger partial charge in [-0.3, -0.25) is 0 Å². The SMILES string of the molecule is CCC(C)OCC(O)c1c(C)cc(C)cc1C. The summed E-state index contributed by atoms with van der Waals surface area (Å²) in [5.74, 6) is 0. The van der Waals surface area contributed by atoms with Crippen molar-refractivity contribution in [3.8, 4) is 0 Å². The summed E-state index contributed by atoms with van der Waals surface area (Å²) in [6, 6.07) is 4.21. The molecule has 1 N–H and O–H groups in total. The highest BCUT2D eigenvalue weighted by molar-refractivity contribution is 5.38. The predicted molar refractivity (Wildman–Crippen MR) is 71.3 cm³/mol. The zero-order valence-electron chi connectivity index (χ0n) is 11.6. The van der Waals surface area contributed by atoms with E-state index >= 15 is 0 Å². The predicted octanol–water partition coefficient (Wildman–Crippen LogP) is 3.46. The Morgan fingerprint density at radius 3 is 2.18 bits per heavy atom. The van der Waals surface area contributed by atoms with Crippen molar-refractivity contribution in [3.63, 3.8) is 0 Å². The van der Waals surface area contributed by atoms with Crippen LogP contribution in [-0.2, 0) is 4.74 Å². The third kappa shape index (κ3) is 3.83. The molecule has 2 atom stereocenters. The first kappa shape index (κ1) is 14.2. The lowest BCUT2D eigenvalue weighted by Crippen LogP contribution is -2.15.